The molecule has 0 N–H and O–H groups in total. The van der Waals surface area contributed by atoms with Gasteiger partial charge in [-0.3, -0.25) is 0 Å². The Labute approximate surface area is 84.6 Å². The molecule has 0 fully saturated rings. The molecule has 0 aliphatic heterocycles. The second-order valence-corrected chi connectivity index (χ2v) is 5.96. The van der Waals surface area contributed by atoms with Crippen LogP contribution in [0.5, 0.6) is 0 Å². The molecule has 0 saturated heterocycles. The summed E-state index contributed by atoms with van der Waals surface area (Å²) in [5.41, 5.74) is 0. The Morgan fingerprint density at radius 3 is 2.17 bits per heavy atom. The Kier molecular flexibility index (Phi) is 7.29. The molecular weight excluding hydrogens is 184 g/mol. The topological polar surface area (TPSA) is 9.23 Å². The van der Waals surface area contributed by atoms with Gasteiger partial charge in [0.25, 0.3) is 0 Å². The zero-order valence-electron chi connectivity index (χ0n) is 8.60. The van der Waals surface area contributed by atoms with Crippen molar-refractivity contribution >= 4 is 22.4 Å². The molecule has 0 aliphatic carbocycles. The predicted octanol–water partition coefficient (Wildman–Crippen LogP) is 2.41. The van der Waals surface area contributed by atoms with Gasteiger partial charge in [0, 0.05) is 6.61 Å². The Morgan fingerprint density at radius 2 is 1.83 bits per heavy atom. The molecule has 3 heteroatoms. The normalized spacial score (nSPS) is 13.0. The largest absolute Gasteiger partial charge is 0.424 e. The van der Waals surface area contributed by atoms with Gasteiger partial charge in [0.15, 0.2) is 9.76 Å². The monoisotopic (exact) mass is 206 g/mol. The minimum Gasteiger partial charge on any atom is -0.424 e. The summed E-state index contributed by atoms with van der Waals surface area (Å²) in [5, 5.41) is 0.526. The van der Waals surface area contributed by atoms with Crippen molar-refractivity contribution in [1.82, 2.24) is 0 Å². The first-order valence-electron chi connectivity index (χ1n) is 4.93. The third-order valence-electron chi connectivity index (χ3n) is 2.75. The van der Waals surface area contributed by atoms with Crippen LogP contribution in [0.25, 0.3) is 0 Å². The third kappa shape index (κ3) is 3.96. The molecule has 0 radical (unpaired) electrons. The maximum Gasteiger partial charge on any atom is 0.167 e. The Balaban J connectivity index is 3.95. The van der Waals surface area contributed by atoms with Gasteiger partial charge < -0.3 is 4.43 Å². The van der Waals surface area contributed by atoms with Crippen LogP contribution in [0.1, 0.15) is 40.0 Å². The summed E-state index contributed by atoms with van der Waals surface area (Å²) in [6, 6.07) is 0. The molecule has 0 rings (SSSR count). The summed E-state index contributed by atoms with van der Waals surface area (Å²) < 4.78 is 5.64. The zero-order valence-corrected chi connectivity index (χ0v) is 10.9. The second-order valence-electron chi connectivity index (χ2n) is 3.32. The highest BCUT2D eigenvalue weighted by atomic mass is 32.1. The number of hydrogen-bond acceptors (Lipinski definition) is 2. The average Bonchev–Trinajstić information content (AvgIpc) is 2.13. The first kappa shape index (κ1) is 12.5. The van der Waals surface area contributed by atoms with Gasteiger partial charge in [-0.2, -0.15) is 12.6 Å². The van der Waals surface area contributed by atoms with E-state index in [1.165, 1.54) is 19.3 Å². The van der Waals surface area contributed by atoms with Gasteiger partial charge in [-0.05, 0) is 24.1 Å². The molecular formula is C9H22OSSi. The van der Waals surface area contributed by atoms with E-state index >= 15 is 0 Å². The van der Waals surface area contributed by atoms with Crippen molar-refractivity contribution in [1.29, 1.82) is 0 Å². The minimum absolute atomic E-state index is 0.341. The van der Waals surface area contributed by atoms with Crippen LogP contribution in [0.3, 0.4) is 0 Å². The molecule has 0 spiro atoms. The summed E-state index contributed by atoms with van der Waals surface area (Å²) in [6.07, 6.45) is 3.75. The quantitative estimate of drug-likeness (QED) is 0.497. The van der Waals surface area contributed by atoms with Gasteiger partial charge in [0.1, 0.15) is 0 Å². The van der Waals surface area contributed by atoms with E-state index in [2.05, 4.69) is 33.4 Å². The molecule has 74 valence electrons. The van der Waals surface area contributed by atoms with Crippen molar-refractivity contribution in [2.45, 2.75) is 45.1 Å². The molecule has 0 aromatic carbocycles. The van der Waals surface area contributed by atoms with Gasteiger partial charge in [0.2, 0.25) is 0 Å². The maximum atomic E-state index is 5.64. The smallest absolute Gasteiger partial charge is 0.167 e. The predicted molar refractivity (Wildman–Crippen MR) is 61.9 cm³/mol. The van der Waals surface area contributed by atoms with Crippen LogP contribution in [0.2, 0.25) is 5.04 Å². The molecule has 0 aromatic heterocycles. The van der Waals surface area contributed by atoms with Crippen LogP contribution in [-0.2, 0) is 4.43 Å². The lowest BCUT2D eigenvalue weighted by Gasteiger charge is -2.30. The van der Waals surface area contributed by atoms with Gasteiger partial charge in [0.05, 0.1) is 0 Å². The Morgan fingerprint density at radius 1 is 1.25 bits per heavy atom. The molecule has 0 saturated carbocycles. The lowest BCUT2D eigenvalue weighted by atomic mass is 9.99. The maximum absolute atomic E-state index is 5.64. The molecule has 0 aliphatic rings. The third-order valence-corrected chi connectivity index (χ3v) is 5.56. The molecule has 0 atom stereocenters. The average molecular weight is 206 g/mol. The number of rotatable bonds is 7. The van der Waals surface area contributed by atoms with Gasteiger partial charge in [-0.1, -0.05) is 26.7 Å². The summed E-state index contributed by atoms with van der Waals surface area (Å²) >= 11 is 4.31. The summed E-state index contributed by atoms with van der Waals surface area (Å²) in [4.78, 5) is 0. The van der Waals surface area contributed by atoms with Crippen molar-refractivity contribution < 1.29 is 4.43 Å². The van der Waals surface area contributed by atoms with Crippen LogP contribution < -0.4 is 0 Å². The van der Waals surface area contributed by atoms with E-state index in [9.17, 15) is 0 Å². The molecule has 0 bridgehead atoms. The van der Waals surface area contributed by atoms with E-state index in [0.717, 1.165) is 12.4 Å². The fourth-order valence-corrected chi connectivity index (χ4v) is 3.57. The van der Waals surface area contributed by atoms with Crippen LogP contribution in [0.15, 0.2) is 0 Å². The molecule has 0 heterocycles. The van der Waals surface area contributed by atoms with E-state index in [0.29, 0.717) is 5.04 Å². The molecule has 0 aromatic rings. The lowest BCUT2D eigenvalue weighted by Crippen LogP contribution is -2.22. The van der Waals surface area contributed by atoms with E-state index in [1.807, 2.05) is 0 Å². The summed E-state index contributed by atoms with van der Waals surface area (Å²) in [6.45, 7) is 7.53. The van der Waals surface area contributed by atoms with E-state index in [-0.39, 0.29) is 9.76 Å². The van der Waals surface area contributed by atoms with E-state index in [1.54, 1.807) is 0 Å². The highest BCUT2D eigenvalue weighted by Gasteiger charge is 2.25. The van der Waals surface area contributed by atoms with Crippen molar-refractivity contribution in [3.05, 3.63) is 0 Å². The SMILES string of the molecule is CCO[SiH2]C(CC)(CC)CCS. The number of thiol groups is 1. The lowest BCUT2D eigenvalue weighted by molar-refractivity contribution is 0.321. The highest BCUT2D eigenvalue weighted by molar-refractivity contribution is 7.80. The van der Waals surface area contributed by atoms with Gasteiger partial charge in [-0.25, -0.2) is 0 Å². The molecule has 0 unspecified atom stereocenters. The van der Waals surface area contributed by atoms with Crippen molar-refractivity contribution in [3.8, 4) is 0 Å². The molecule has 1 nitrogen and oxygen atoms in total. The Bertz CT molecular complexity index is 105. The van der Waals surface area contributed by atoms with Crippen molar-refractivity contribution in [2.24, 2.45) is 0 Å². The molecule has 0 amide bonds. The summed E-state index contributed by atoms with van der Waals surface area (Å²) in [5.74, 6) is 1.00. The van der Waals surface area contributed by atoms with Crippen molar-refractivity contribution in [3.63, 3.8) is 0 Å². The van der Waals surface area contributed by atoms with Gasteiger partial charge in [-0.15, -0.1) is 0 Å². The van der Waals surface area contributed by atoms with Crippen LogP contribution in [-0.4, -0.2) is 22.1 Å². The summed E-state index contributed by atoms with van der Waals surface area (Å²) in [7, 11) is -0.341. The van der Waals surface area contributed by atoms with Crippen LogP contribution >= 0.6 is 12.6 Å². The second kappa shape index (κ2) is 6.98. The van der Waals surface area contributed by atoms with Crippen molar-refractivity contribution in [2.75, 3.05) is 12.4 Å². The fraction of sp³-hybridized carbons (Fsp3) is 1.00. The van der Waals surface area contributed by atoms with E-state index in [4.69, 9.17) is 4.43 Å². The zero-order chi connectivity index (χ0) is 9.45. The van der Waals surface area contributed by atoms with E-state index < -0.39 is 0 Å². The first-order valence-corrected chi connectivity index (χ1v) is 6.85. The fourth-order valence-electron chi connectivity index (χ4n) is 1.44. The first-order chi connectivity index (χ1) is 5.74. The minimum atomic E-state index is -0.341. The van der Waals surface area contributed by atoms with Crippen LogP contribution in [0, 0.1) is 0 Å². The van der Waals surface area contributed by atoms with Crippen LogP contribution in [0.4, 0.5) is 0 Å². The number of hydrogen-bond donors (Lipinski definition) is 1. The Hall–Kier alpha value is 0.527. The highest BCUT2D eigenvalue weighted by Crippen LogP contribution is 2.37. The molecule has 12 heavy (non-hydrogen) atoms. The van der Waals surface area contributed by atoms with Gasteiger partial charge >= 0.3 is 0 Å². The standard InChI is InChI=1S/C9H22OSSi/c1-4-9(5-2,7-8-11)12-10-6-3/h11H,4-8,12H2,1-3H3.